The van der Waals surface area contributed by atoms with E-state index in [9.17, 15) is 4.39 Å². The molecule has 0 radical (unpaired) electrons. The Bertz CT molecular complexity index is 1340. The molecule has 0 spiro atoms. The summed E-state index contributed by atoms with van der Waals surface area (Å²) >= 11 is 0. The first kappa shape index (κ1) is 17.8. The van der Waals surface area contributed by atoms with Crippen molar-refractivity contribution in [2.24, 2.45) is 10.7 Å². The van der Waals surface area contributed by atoms with Crippen LogP contribution >= 0.6 is 0 Å². The van der Waals surface area contributed by atoms with Crippen molar-refractivity contribution < 1.29 is 18.3 Å². The van der Waals surface area contributed by atoms with E-state index in [4.69, 9.17) is 19.6 Å². The van der Waals surface area contributed by atoms with Crippen molar-refractivity contribution in [3.63, 3.8) is 0 Å². The van der Waals surface area contributed by atoms with Crippen LogP contribution < -0.4 is 20.5 Å². The Morgan fingerprint density at radius 2 is 1.87 bits per heavy atom. The maximum atomic E-state index is 14.2. The van der Waals surface area contributed by atoms with Gasteiger partial charge in [-0.25, -0.2) is 14.4 Å². The summed E-state index contributed by atoms with van der Waals surface area (Å²) in [6.07, 6.45) is 0.208. The summed E-state index contributed by atoms with van der Waals surface area (Å²) in [6, 6.07) is 13.7. The lowest BCUT2D eigenvalue weighted by Gasteiger charge is -2.22. The van der Waals surface area contributed by atoms with Crippen LogP contribution in [-0.4, -0.2) is 28.7 Å². The molecule has 2 aromatic carbocycles. The molecule has 4 heterocycles. The Labute approximate surface area is 176 Å². The predicted molar refractivity (Wildman–Crippen MR) is 113 cm³/mol. The number of ether oxygens (including phenoxy) is 2. The van der Waals surface area contributed by atoms with Gasteiger partial charge in [-0.1, -0.05) is 12.1 Å². The van der Waals surface area contributed by atoms with Crippen LogP contribution in [0.5, 0.6) is 11.5 Å². The highest BCUT2D eigenvalue weighted by atomic mass is 19.1. The quantitative estimate of drug-likeness (QED) is 0.511. The van der Waals surface area contributed by atoms with Crippen molar-refractivity contribution in [2.75, 3.05) is 18.5 Å². The summed E-state index contributed by atoms with van der Waals surface area (Å²) in [5, 5.41) is 3.00. The van der Waals surface area contributed by atoms with Crippen molar-refractivity contribution in [2.45, 2.75) is 12.6 Å². The number of fused-ring (bicyclic) bond motifs is 4. The maximum Gasteiger partial charge on any atom is 0.212 e. The molecular formula is C22H18FN5O3. The lowest BCUT2D eigenvalue weighted by atomic mass is 10.1. The Balaban J connectivity index is 1.48. The molecule has 0 saturated carbocycles. The van der Waals surface area contributed by atoms with E-state index in [0.717, 1.165) is 11.9 Å². The van der Waals surface area contributed by atoms with Crippen LogP contribution in [0.1, 0.15) is 18.3 Å². The third-order valence-electron chi connectivity index (χ3n) is 5.33. The van der Waals surface area contributed by atoms with Gasteiger partial charge in [0.1, 0.15) is 17.3 Å². The largest absolute Gasteiger partial charge is 0.489 e. The van der Waals surface area contributed by atoms with E-state index in [-0.39, 0.29) is 11.8 Å². The summed E-state index contributed by atoms with van der Waals surface area (Å²) in [6.45, 7) is 1.17. The SMILES string of the molecule is NC1=NC(c2ccc(-c3ccccc3F)o2)n2c(nc3cc4c(cc32)OCCCO4)N1. The number of nitrogens with two attached hydrogens (primary N) is 1. The third kappa shape index (κ3) is 2.89. The van der Waals surface area contributed by atoms with E-state index in [1.165, 1.54) is 6.07 Å². The molecule has 156 valence electrons. The Morgan fingerprint density at radius 3 is 2.71 bits per heavy atom. The van der Waals surface area contributed by atoms with Gasteiger partial charge in [-0.05, 0) is 24.3 Å². The average Bonchev–Trinajstić information content (AvgIpc) is 3.30. The van der Waals surface area contributed by atoms with Gasteiger partial charge in [0.2, 0.25) is 5.95 Å². The minimum absolute atomic E-state index is 0.214. The van der Waals surface area contributed by atoms with Crippen LogP contribution in [0.3, 0.4) is 0 Å². The molecule has 0 saturated heterocycles. The fraction of sp³-hybridized carbons (Fsp3) is 0.182. The number of hydrogen-bond donors (Lipinski definition) is 2. The van der Waals surface area contributed by atoms with Gasteiger partial charge in [0, 0.05) is 18.6 Å². The minimum Gasteiger partial charge on any atom is -0.489 e. The monoisotopic (exact) mass is 419 g/mol. The van der Waals surface area contributed by atoms with Gasteiger partial charge in [0.05, 0.1) is 29.8 Å². The number of hydrogen-bond acceptors (Lipinski definition) is 7. The fourth-order valence-electron chi connectivity index (χ4n) is 3.91. The highest BCUT2D eigenvalue weighted by Crippen LogP contribution is 2.40. The lowest BCUT2D eigenvalue weighted by Crippen LogP contribution is -2.31. The van der Waals surface area contributed by atoms with Crippen molar-refractivity contribution in [1.82, 2.24) is 9.55 Å². The summed E-state index contributed by atoms with van der Waals surface area (Å²) in [7, 11) is 0. The second-order valence-electron chi connectivity index (χ2n) is 7.34. The van der Waals surface area contributed by atoms with Gasteiger partial charge >= 0.3 is 0 Å². The fourth-order valence-corrected chi connectivity index (χ4v) is 3.91. The number of halogens is 1. The molecule has 1 unspecified atom stereocenters. The molecule has 2 aromatic heterocycles. The molecule has 0 amide bonds. The molecule has 1 atom stereocenters. The van der Waals surface area contributed by atoms with E-state index in [1.54, 1.807) is 30.3 Å². The zero-order valence-electron chi connectivity index (χ0n) is 16.3. The van der Waals surface area contributed by atoms with Gasteiger partial charge in [-0.15, -0.1) is 0 Å². The van der Waals surface area contributed by atoms with Crippen LogP contribution in [-0.2, 0) is 0 Å². The molecule has 9 heteroatoms. The Kier molecular flexibility index (Phi) is 3.89. The summed E-state index contributed by atoms with van der Waals surface area (Å²) in [4.78, 5) is 9.17. The molecule has 8 nitrogen and oxygen atoms in total. The number of anilines is 1. The zero-order valence-corrected chi connectivity index (χ0v) is 16.3. The third-order valence-corrected chi connectivity index (χ3v) is 5.33. The number of nitrogens with zero attached hydrogens (tertiary/aromatic N) is 3. The molecule has 31 heavy (non-hydrogen) atoms. The van der Waals surface area contributed by atoms with E-state index >= 15 is 0 Å². The molecule has 3 N–H and O–H groups in total. The Morgan fingerprint density at radius 1 is 1.06 bits per heavy atom. The van der Waals surface area contributed by atoms with Gasteiger partial charge in [0.25, 0.3) is 0 Å². The van der Waals surface area contributed by atoms with Crippen molar-refractivity contribution in [3.05, 3.63) is 60.1 Å². The summed E-state index contributed by atoms with van der Waals surface area (Å²) < 4.78 is 33.7. The molecule has 4 aromatic rings. The Hall–Kier alpha value is -4.01. The standard InChI is InChI=1S/C22H18FN5O3/c23-13-5-2-1-4-12(13)16-6-7-17(31-16)20-26-21(24)27-22-25-14-10-18-19(11-15(14)28(20)22)30-9-3-8-29-18/h1-2,4-7,10-11,20H,3,8-9H2,(H3,24,25,26,27). The minimum atomic E-state index is -0.605. The van der Waals surface area contributed by atoms with E-state index in [2.05, 4.69) is 15.3 Å². The highest BCUT2D eigenvalue weighted by molar-refractivity contribution is 5.95. The molecule has 2 aliphatic heterocycles. The second-order valence-corrected chi connectivity index (χ2v) is 7.34. The van der Waals surface area contributed by atoms with Gasteiger partial charge < -0.3 is 19.6 Å². The number of imidazole rings is 1. The van der Waals surface area contributed by atoms with E-state index < -0.39 is 6.17 Å². The van der Waals surface area contributed by atoms with Crippen molar-refractivity contribution >= 4 is 22.9 Å². The number of aromatic nitrogens is 2. The van der Waals surface area contributed by atoms with Crippen LogP contribution in [0.2, 0.25) is 0 Å². The molecular weight excluding hydrogens is 401 g/mol. The smallest absolute Gasteiger partial charge is 0.212 e. The number of nitrogens with one attached hydrogen (secondary N) is 1. The number of furan rings is 1. The number of guanidine groups is 1. The highest BCUT2D eigenvalue weighted by Gasteiger charge is 2.29. The first-order valence-corrected chi connectivity index (χ1v) is 9.94. The second kappa shape index (κ2) is 6.76. The molecule has 0 bridgehead atoms. The van der Waals surface area contributed by atoms with Crippen LogP contribution in [0.4, 0.5) is 10.3 Å². The first-order valence-electron chi connectivity index (χ1n) is 9.94. The first-order chi connectivity index (χ1) is 15.2. The number of rotatable bonds is 2. The maximum absolute atomic E-state index is 14.2. The van der Waals surface area contributed by atoms with Crippen LogP contribution in [0, 0.1) is 5.82 Å². The van der Waals surface area contributed by atoms with Gasteiger partial charge in [0.15, 0.2) is 23.6 Å². The molecule has 0 aliphatic carbocycles. The van der Waals surface area contributed by atoms with Crippen LogP contribution in [0.25, 0.3) is 22.4 Å². The van der Waals surface area contributed by atoms with Crippen LogP contribution in [0.15, 0.2) is 57.9 Å². The normalized spacial score (nSPS) is 17.6. The molecule has 0 fully saturated rings. The topological polar surface area (TPSA) is 99.8 Å². The lowest BCUT2D eigenvalue weighted by molar-refractivity contribution is 0.297. The summed E-state index contributed by atoms with van der Waals surface area (Å²) in [5.41, 5.74) is 7.90. The zero-order chi connectivity index (χ0) is 20.9. The van der Waals surface area contributed by atoms with Gasteiger partial charge in [-0.3, -0.25) is 9.88 Å². The van der Waals surface area contributed by atoms with E-state index in [0.29, 0.717) is 53.3 Å². The van der Waals surface area contributed by atoms with E-state index in [1.807, 2.05) is 16.7 Å². The van der Waals surface area contributed by atoms with Gasteiger partial charge in [-0.2, -0.15) is 0 Å². The summed E-state index contributed by atoms with van der Waals surface area (Å²) in [5.74, 6) is 2.62. The van der Waals surface area contributed by atoms with Crippen molar-refractivity contribution in [1.29, 1.82) is 0 Å². The number of benzene rings is 2. The molecule has 6 rings (SSSR count). The van der Waals surface area contributed by atoms with Crippen molar-refractivity contribution in [3.8, 4) is 22.8 Å². The predicted octanol–water partition coefficient (Wildman–Crippen LogP) is 3.88. The molecule has 2 aliphatic rings. The average molecular weight is 419 g/mol. The number of aliphatic imine (C=N–C) groups is 1.